The molecule has 5 nitrogen and oxygen atoms in total. The van der Waals surface area contributed by atoms with Gasteiger partial charge in [0.2, 0.25) is 0 Å². The predicted molar refractivity (Wildman–Crippen MR) is 77.8 cm³/mol. The lowest BCUT2D eigenvalue weighted by molar-refractivity contribution is 0.0696. The number of carbonyl (C=O) groups is 2. The van der Waals surface area contributed by atoms with Crippen molar-refractivity contribution in [3.05, 3.63) is 29.3 Å². The van der Waals surface area contributed by atoms with Crippen LogP contribution in [0.1, 0.15) is 35.2 Å². The molecule has 0 saturated heterocycles. The van der Waals surface area contributed by atoms with Gasteiger partial charge in [-0.3, -0.25) is 0 Å². The molecule has 0 aliphatic heterocycles. The van der Waals surface area contributed by atoms with Crippen molar-refractivity contribution in [2.24, 2.45) is 0 Å². The van der Waals surface area contributed by atoms with Crippen molar-refractivity contribution in [2.45, 2.75) is 26.2 Å². The smallest absolute Gasteiger partial charge is 0.336 e. The summed E-state index contributed by atoms with van der Waals surface area (Å²) in [5, 5.41) is 14.3. The van der Waals surface area contributed by atoms with Crippen LogP contribution >= 0.6 is 0 Å². The third-order valence-corrected chi connectivity index (χ3v) is 2.85. The average Bonchev–Trinajstić information content (AvgIpc) is 2.40. The Labute approximate surface area is 118 Å². The Morgan fingerprint density at radius 2 is 2.10 bits per heavy atom. The van der Waals surface area contributed by atoms with Crippen LogP contribution in [-0.2, 0) is 0 Å². The summed E-state index contributed by atoms with van der Waals surface area (Å²) < 4.78 is 0. The van der Waals surface area contributed by atoms with Crippen molar-refractivity contribution in [2.75, 3.05) is 11.9 Å². The number of benzene rings is 1. The molecule has 1 aromatic rings. The van der Waals surface area contributed by atoms with Crippen LogP contribution in [0.5, 0.6) is 0 Å². The number of carboxylic acid groups (broad SMARTS) is 1. The normalized spacial score (nSPS) is 9.60. The molecule has 20 heavy (non-hydrogen) atoms. The molecule has 0 aliphatic carbocycles. The van der Waals surface area contributed by atoms with Gasteiger partial charge in [0.15, 0.2) is 0 Å². The Kier molecular flexibility index (Phi) is 6.11. The van der Waals surface area contributed by atoms with Crippen LogP contribution in [0.4, 0.5) is 10.5 Å². The lowest BCUT2D eigenvalue weighted by Gasteiger charge is -2.11. The number of rotatable bonds is 6. The number of amides is 2. The van der Waals surface area contributed by atoms with E-state index < -0.39 is 5.97 Å². The molecule has 0 bridgehead atoms. The van der Waals surface area contributed by atoms with E-state index in [2.05, 4.69) is 16.6 Å². The van der Waals surface area contributed by atoms with Crippen LogP contribution in [-0.4, -0.2) is 23.7 Å². The van der Waals surface area contributed by atoms with E-state index in [-0.39, 0.29) is 11.6 Å². The van der Waals surface area contributed by atoms with Gasteiger partial charge < -0.3 is 15.7 Å². The first-order valence-electron chi connectivity index (χ1n) is 6.37. The monoisotopic (exact) mass is 274 g/mol. The zero-order valence-electron chi connectivity index (χ0n) is 11.4. The summed E-state index contributed by atoms with van der Waals surface area (Å²) in [6.07, 6.45) is 7.50. The number of carbonyl (C=O) groups excluding carboxylic acids is 1. The molecule has 0 aliphatic rings. The number of hydrogen-bond acceptors (Lipinski definition) is 2. The molecule has 0 unspecified atom stereocenters. The molecule has 3 N–H and O–H groups in total. The Balaban J connectivity index is 2.52. The van der Waals surface area contributed by atoms with Gasteiger partial charge in [-0.15, -0.1) is 12.3 Å². The molecule has 1 aromatic carbocycles. The van der Waals surface area contributed by atoms with E-state index in [1.807, 2.05) is 0 Å². The zero-order chi connectivity index (χ0) is 15.0. The van der Waals surface area contributed by atoms with Crippen molar-refractivity contribution >= 4 is 17.7 Å². The molecule has 1 rings (SSSR count). The van der Waals surface area contributed by atoms with Gasteiger partial charge in [0.1, 0.15) is 0 Å². The lowest BCUT2D eigenvalue weighted by Crippen LogP contribution is -2.29. The molecule has 106 valence electrons. The van der Waals surface area contributed by atoms with Gasteiger partial charge in [-0.05, 0) is 37.5 Å². The Hall–Kier alpha value is -2.48. The fraction of sp³-hybridized carbons (Fsp3) is 0.333. The van der Waals surface area contributed by atoms with Crippen LogP contribution < -0.4 is 10.6 Å². The molecule has 0 heterocycles. The minimum atomic E-state index is -1.01. The first-order valence-corrected chi connectivity index (χ1v) is 6.37. The van der Waals surface area contributed by atoms with E-state index in [9.17, 15) is 9.59 Å². The summed E-state index contributed by atoms with van der Waals surface area (Å²) >= 11 is 0. The number of carboxylic acids is 1. The number of hydrogen-bond donors (Lipinski definition) is 3. The summed E-state index contributed by atoms with van der Waals surface area (Å²) in [5.41, 5.74) is 1.20. The number of nitrogens with one attached hydrogen (secondary N) is 2. The van der Waals surface area contributed by atoms with Gasteiger partial charge in [-0.25, -0.2) is 9.59 Å². The van der Waals surface area contributed by atoms with Crippen LogP contribution in [0.25, 0.3) is 0 Å². The van der Waals surface area contributed by atoms with E-state index in [0.717, 1.165) is 12.8 Å². The molecule has 5 heteroatoms. The topological polar surface area (TPSA) is 78.4 Å². The highest BCUT2D eigenvalue weighted by atomic mass is 16.4. The summed E-state index contributed by atoms with van der Waals surface area (Å²) in [5.74, 6) is 1.52. The summed E-state index contributed by atoms with van der Waals surface area (Å²) in [7, 11) is 0. The largest absolute Gasteiger partial charge is 0.478 e. The van der Waals surface area contributed by atoms with Gasteiger partial charge >= 0.3 is 12.0 Å². The number of urea groups is 1. The van der Waals surface area contributed by atoms with Crippen LogP contribution in [0.3, 0.4) is 0 Å². The summed E-state index contributed by atoms with van der Waals surface area (Å²) in [6, 6.07) is 4.41. The fourth-order valence-electron chi connectivity index (χ4n) is 1.72. The number of aromatic carboxylic acids is 1. The molecular formula is C15H18N2O3. The Morgan fingerprint density at radius 1 is 1.35 bits per heavy atom. The van der Waals surface area contributed by atoms with Gasteiger partial charge in [0.05, 0.1) is 5.56 Å². The second-order valence-electron chi connectivity index (χ2n) is 4.33. The third-order valence-electron chi connectivity index (χ3n) is 2.85. The summed E-state index contributed by atoms with van der Waals surface area (Å²) in [4.78, 5) is 22.7. The van der Waals surface area contributed by atoms with Gasteiger partial charge in [0, 0.05) is 18.7 Å². The Morgan fingerprint density at radius 3 is 2.75 bits per heavy atom. The van der Waals surface area contributed by atoms with Crippen molar-refractivity contribution in [3.63, 3.8) is 0 Å². The molecular weight excluding hydrogens is 256 g/mol. The molecule has 0 radical (unpaired) electrons. The number of anilines is 1. The first-order chi connectivity index (χ1) is 9.56. The van der Waals surface area contributed by atoms with Gasteiger partial charge in [0.25, 0.3) is 0 Å². The van der Waals surface area contributed by atoms with Crippen LogP contribution in [0.15, 0.2) is 18.2 Å². The van der Waals surface area contributed by atoms with Crippen molar-refractivity contribution in [1.82, 2.24) is 5.32 Å². The maximum absolute atomic E-state index is 11.7. The highest BCUT2D eigenvalue weighted by Crippen LogP contribution is 2.18. The van der Waals surface area contributed by atoms with Crippen LogP contribution in [0.2, 0.25) is 0 Å². The van der Waals surface area contributed by atoms with E-state index in [1.54, 1.807) is 19.1 Å². The van der Waals surface area contributed by atoms with E-state index in [0.29, 0.717) is 24.2 Å². The highest BCUT2D eigenvalue weighted by molar-refractivity contribution is 5.95. The average molecular weight is 274 g/mol. The minimum Gasteiger partial charge on any atom is -0.478 e. The zero-order valence-corrected chi connectivity index (χ0v) is 11.4. The van der Waals surface area contributed by atoms with Crippen molar-refractivity contribution < 1.29 is 14.7 Å². The van der Waals surface area contributed by atoms with Gasteiger partial charge in [-0.1, -0.05) is 6.07 Å². The maximum Gasteiger partial charge on any atom is 0.336 e. The van der Waals surface area contributed by atoms with E-state index in [1.165, 1.54) is 6.07 Å². The molecule has 2 amide bonds. The summed E-state index contributed by atoms with van der Waals surface area (Å²) in [6.45, 7) is 2.19. The fourth-order valence-corrected chi connectivity index (χ4v) is 1.72. The molecule has 0 fully saturated rings. The van der Waals surface area contributed by atoms with Crippen molar-refractivity contribution in [3.8, 4) is 12.3 Å². The number of terminal acetylenes is 1. The maximum atomic E-state index is 11.7. The Bertz CT molecular complexity index is 532. The third kappa shape index (κ3) is 4.65. The molecule has 0 spiro atoms. The highest BCUT2D eigenvalue weighted by Gasteiger charge is 2.11. The standard InChI is InChI=1S/C15H18N2O3/c1-3-4-5-6-10-16-15(20)17-13-9-7-8-12(11(13)2)14(18)19/h1,7-9H,4-6,10H2,2H3,(H,18,19)(H2,16,17,20). The van der Waals surface area contributed by atoms with E-state index >= 15 is 0 Å². The van der Waals surface area contributed by atoms with Crippen LogP contribution in [0, 0.1) is 19.3 Å². The minimum absolute atomic E-state index is 0.178. The number of unbranched alkanes of at least 4 members (excludes halogenated alkanes) is 2. The SMILES string of the molecule is C#CCCCCNC(=O)Nc1cccc(C(=O)O)c1C. The predicted octanol–water partition coefficient (Wildman–Crippen LogP) is 2.62. The molecule has 0 saturated carbocycles. The van der Waals surface area contributed by atoms with E-state index in [4.69, 9.17) is 11.5 Å². The second-order valence-corrected chi connectivity index (χ2v) is 4.33. The van der Waals surface area contributed by atoms with Crippen molar-refractivity contribution in [1.29, 1.82) is 0 Å². The lowest BCUT2D eigenvalue weighted by atomic mass is 10.1. The van der Waals surface area contributed by atoms with Gasteiger partial charge in [-0.2, -0.15) is 0 Å². The molecule has 0 aromatic heterocycles. The first kappa shape index (κ1) is 15.6. The quantitative estimate of drug-likeness (QED) is 0.551. The molecule has 0 atom stereocenters. The second kappa shape index (κ2) is 7.85.